The molecule has 20 heavy (non-hydrogen) atoms. The summed E-state index contributed by atoms with van der Waals surface area (Å²) in [5, 5.41) is 0. The molecular formula is C15H11Br2F3. The van der Waals surface area contributed by atoms with Crippen molar-refractivity contribution in [3.8, 4) is 0 Å². The fourth-order valence-electron chi connectivity index (χ4n) is 2.01. The van der Waals surface area contributed by atoms with Crippen molar-refractivity contribution < 1.29 is 13.2 Å². The van der Waals surface area contributed by atoms with Gasteiger partial charge in [0.15, 0.2) is 0 Å². The quantitative estimate of drug-likeness (QED) is 0.535. The monoisotopic (exact) mass is 406 g/mol. The summed E-state index contributed by atoms with van der Waals surface area (Å²) in [7, 11) is 0. The third-order valence-corrected chi connectivity index (χ3v) is 4.22. The Morgan fingerprint density at radius 3 is 2.35 bits per heavy atom. The largest absolute Gasteiger partial charge is 0.416 e. The highest BCUT2D eigenvalue weighted by Gasteiger charge is 2.34. The van der Waals surface area contributed by atoms with E-state index < -0.39 is 11.7 Å². The van der Waals surface area contributed by atoms with E-state index in [1.54, 1.807) is 6.07 Å². The van der Waals surface area contributed by atoms with Gasteiger partial charge in [-0.25, -0.2) is 0 Å². The molecule has 1 atom stereocenters. The van der Waals surface area contributed by atoms with E-state index >= 15 is 0 Å². The van der Waals surface area contributed by atoms with Crippen LogP contribution in [0.1, 0.15) is 21.5 Å². The third kappa shape index (κ3) is 3.85. The minimum atomic E-state index is -4.33. The van der Waals surface area contributed by atoms with E-state index in [2.05, 4.69) is 31.9 Å². The molecule has 2 rings (SSSR count). The smallest absolute Gasteiger partial charge is 0.166 e. The van der Waals surface area contributed by atoms with Crippen molar-refractivity contribution in [1.29, 1.82) is 0 Å². The van der Waals surface area contributed by atoms with Crippen molar-refractivity contribution in [2.45, 2.75) is 17.4 Å². The standard InChI is InChI=1S/C15H11Br2F3/c16-11-5-3-4-10(8-11)9-14(17)12-6-1-2-7-13(12)15(18,19)20/h1-8,14H,9H2. The summed E-state index contributed by atoms with van der Waals surface area (Å²) in [5.41, 5.74) is 0.648. The molecule has 1 unspecified atom stereocenters. The van der Waals surface area contributed by atoms with E-state index in [9.17, 15) is 13.2 Å². The van der Waals surface area contributed by atoms with Crippen LogP contribution >= 0.6 is 31.9 Å². The van der Waals surface area contributed by atoms with Crippen molar-refractivity contribution in [2.24, 2.45) is 0 Å². The second-order valence-corrected chi connectivity index (χ2v) is 6.41. The van der Waals surface area contributed by atoms with Crippen LogP contribution < -0.4 is 0 Å². The molecule has 106 valence electrons. The molecule has 0 bridgehead atoms. The number of benzene rings is 2. The summed E-state index contributed by atoms with van der Waals surface area (Å²) in [5.74, 6) is 0. The predicted octanol–water partition coefficient (Wildman–Crippen LogP) is 6.15. The SMILES string of the molecule is FC(F)(F)c1ccccc1C(Br)Cc1cccc(Br)c1. The molecule has 0 aromatic heterocycles. The molecule has 0 spiro atoms. The minimum absolute atomic E-state index is 0.264. The maximum atomic E-state index is 13.0. The molecule has 0 nitrogen and oxygen atoms in total. The molecule has 2 aromatic rings. The van der Waals surface area contributed by atoms with Crippen LogP contribution in [0.25, 0.3) is 0 Å². The first-order valence-corrected chi connectivity index (χ1v) is 7.63. The average Bonchev–Trinajstić information content (AvgIpc) is 2.37. The highest BCUT2D eigenvalue weighted by atomic mass is 79.9. The fraction of sp³-hybridized carbons (Fsp3) is 0.200. The lowest BCUT2D eigenvalue weighted by molar-refractivity contribution is -0.138. The maximum absolute atomic E-state index is 13.0. The van der Waals surface area contributed by atoms with Gasteiger partial charge >= 0.3 is 6.18 Å². The first-order valence-electron chi connectivity index (χ1n) is 5.92. The molecule has 0 radical (unpaired) electrons. The van der Waals surface area contributed by atoms with Gasteiger partial charge in [0.2, 0.25) is 0 Å². The lowest BCUT2D eigenvalue weighted by Gasteiger charge is -2.17. The molecule has 0 heterocycles. The van der Waals surface area contributed by atoms with E-state index in [1.165, 1.54) is 12.1 Å². The van der Waals surface area contributed by atoms with Crippen LogP contribution in [-0.4, -0.2) is 0 Å². The number of halogens is 5. The van der Waals surface area contributed by atoms with Gasteiger partial charge in [-0.3, -0.25) is 0 Å². The van der Waals surface area contributed by atoms with Crippen LogP contribution in [-0.2, 0) is 12.6 Å². The Morgan fingerprint density at radius 1 is 1.00 bits per heavy atom. The van der Waals surface area contributed by atoms with E-state index in [1.807, 2.05) is 24.3 Å². The molecule has 0 fully saturated rings. The van der Waals surface area contributed by atoms with Crippen LogP contribution in [0.5, 0.6) is 0 Å². The summed E-state index contributed by atoms with van der Waals surface area (Å²) in [4.78, 5) is -0.380. The fourth-order valence-corrected chi connectivity index (χ4v) is 3.23. The topological polar surface area (TPSA) is 0 Å². The zero-order chi connectivity index (χ0) is 14.8. The average molecular weight is 408 g/mol. The number of alkyl halides is 4. The Balaban J connectivity index is 2.28. The van der Waals surface area contributed by atoms with Crippen molar-refractivity contribution >= 4 is 31.9 Å². The summed E-state index contributed by atoms with van der Waals surface area (Å²) < 4.78 is 39.9. The normalized spacial score (nSPS) is 13.2. The summed E-state index contributed by atoms with van der Waals surface area (Å²) in [6, 6.07) is 13.2. The molecule has 2 aromatic carbocycles. The minimum Gasteiger partial charge on any atom is -0.166 e. The number of hydrogen-bond donors (Lipinski definition) is 0. The Bertz CT molecular complexity index is 594. The Kier molecular flexibility index (Phi) is 4.91. The molecule has 0 aliphatic carbocycles. The Hall–Kier alpha value is -0.810. The van der Waals surface area contributed by atoms with Gasteiger partial charge in [0, 0.05) is 9.30 Å². The van der Waals surface area contributed by atoms with Crippen LogP contribution in [0.15, 0.2) is 53.0 Å². The van der Waals surface area contributed by atoms with Crippen LogP contribution in [0.4, 0.5) is 13.2 Å². The Morgan fingerprint density at radius 2 is 1.70 bits per heavy atom. The molecule has 0 aliphatic rings. The molecule has 0 saturated carbocycles. The molecule has 5 heteroatoms. The first kappa shape index (κ1) is 15.6. The summed E-state index contributed by atoms with van der Waals surface area (Å²) >= 11 is 6.73. The van der Waals surface area contributed by atoms with Crippen LogP contribution in [0, 0.1) is 0 Å². The van der Waals surface area contributed by atoms with Gasteiger partial charge in [-0.05, 0) is 35.7 Å². The molecular weight excluding hydrogens is 397 g/mol. The number of hydrogen-bond acceptors (Lipinski definition) is 0. The van der Waals surface area contributed by atoms with Crippen LogP contribution in [0.2, 0.25) is 0 Å². The molecule has 0 saturated heterocycles. The van der Waals surface area contributed by atoms with Gasteiger partial charge in [-0.1, -0.05) is 62.2 Å². The number of rotatable bonds is 3. The van der Waals surface area contributed by atoms with Crippen molar-refractivity contribution in [3.05, 3.63) is 69.7 Å². The van der Waals surface area contributed by atoms with Gasteiger partial charge in [0.05, 0.1) is 5.56 Å². The van der Waals surface area contributed by atoms with Gasteiger partial charge in [0.25, 0.3) is 0 Å². The lowest BCUT2D eigenvalue weighted by atomic mass is 9.99. The van der Waals surface area contributed by atoms with Gasteiger partial charge in [-0.15, -0.1) is 0 Å². The Labute approximate surface area is 132 Å². The lowest BCUT2D eigenvalue weighted by Crippen LogP contribution is -2.10. The van der Waals surface area contributed by atoms with E-state index in [0.717, 1.165) is 16.1 Å². The second kappa shape index (κ2) is 6.31. The zero-order valence-corrected chi connectivity index (χ0v) is 13.5. The van der Waals surface area contributed by atoms with E-state index in [4.69, 9.17) is 0 Å². The van der Waals surface area contributed by atoms with E-state index in [0.29, 0.717) is 6.42 Å². The predicted molar refractivity (Wildman–Crippen MR) is 81.0 cm³/mol. The first-order chi connectivity index (χ1) is 9.38. The summed E-state index contributed by atoms with van der Waals surface area (Å²) in [6.45, 7) is 0. The highest BCUT2D eigenvalue weighted by Crippen LogP contribution is 2.38. The maximum Gasteiger partial charge on any atom is 0.416 e. The molecule has 0 amide bonds. The summed E-state index contributed by atoms with van der Waals surface area (Å²) in [6.07, 6.45) is -3.84. The van der Waals surface area contributed by atoms with Crippen molar-refractivity contribution in [1.82, 2.24) is 0 Å². The van der Waals surface area contributed by atoms with Crippen molar-refractivity contribution in [2.75, 3.05) is 0 Å². The van der Waals surface area contributed by atoms with Crippen molar-refractivity contribution in [3.63, 3.8) is 0 Å². The zero-order valence-electron chi connectivity index (χ0n) is 10.3. The van der Waals surface area contributed by atoms with Gasteiger partial charge < -0.3 is 0 Å². The highest BCUT2D eigenvalue weighted by molar-refractivity contribution is 9.10. The van der Waals surface area contributed by atoms with Gasteiger partial charge in [-0.2, -0.15) is 13.2 Å². The van der Waals surface area contributed by atoms with Crippen LogP contribution in [0.3, 0.4) is 0 Å². The molecule has 0 aliphatic heterocycles. The third-order valence-electron chi connectivity index (χ3n) is 2.91. The molecule has 0 N–H and O–H groups in total. The van der Waals surface area contributed by atoms with E-state index in [-0.39, 0.29) is 10.4 Å². The van der Waals surface area contributed by atoms with Gasteiger partial charge in [0.1, 0.15) is 0 Å². The second-order valence-electron chi connectivity index (χ2n) is 4.39.